The van der Waals surface area contributed by atoms with Gasteiger partial charge in [0.2, 0.25) is 0 Å². The third-order valence-electron chi connectivity index (χ3n) is 2.80. The van der Waals surface area contributed by atoms with E-state index >= 15 is 0 Å². The molecule has 0 aromatic heterocycles. The zero-order chi connectivity index (χ0) is 7.84. The molecule has 0 amide bonds. The first-order chi connectivity index (χ1) is 5.31. The standard InChI is InChI=1S/C9H12O2/c1-2-6-3-4-8-7(6)5-9(10)11-8/h2,6-8H,1,3-5H2/t6-,7+,8-/m0/s1. The summed E-state index contributed by atoms with van der Waals surface area (Å²) >= 11 is 0. The fourth-order valence-electron chi connectivity index (χ4n) is 2.19. The van der Waals surface area contributed by atoms with Gasteiger partial charge in [0.15, 0.2) is 0 Å². The van der Waals surface area contributed by atoms with E-state index in [0.717, 1.165) is 12.8 Å². The van der Waals surface area contributed by atoms with Crippen LogP contribution in [0.25, 0.3) is 0 Å². The molecule has 2 fully saturated rings. The van der Waals surface area contributed by atoms with E-state index < -0.39 is 0 Å². The van der Waals surface area contributed by atoms with E-state index in [9.17, 15) is 4.79 Å². The largest absolute Gasteiger partial charge is 0.462 e. The van der Waals surface area contributed by atoms with Crippen LogP contribution >= 0.6 is 0 Å². The minimum Gasteiger partial charge on any atom is -0.462 e. The van der Waals surface area contributed by atoms with Gasteiger partial charge in [-0.15, -0.1) is 6.58 Å². The summed E-state index contributed by atoms with van der Waals surface area (Å²) in [7, 11) is 0. The molecular formula is C9H12O2. The van der Waals surface area contributed by atoms with Crippen LogP contribution < -0.4 is 0 Å². The number of fused-ring (bicyclic) bond motifs is 1. The lowest BCUT2D eigenvalue weighted by Gasteiger charge is -2.09. The lowest BCUT2D eigenvalue weighted by Crippen LogP contribution is -2.11. The molecule has 2 heteroatoms. The van der Waals surface area contributed by atoms with E-state index in [0.29, 0.717) is 18.3 Å². The van der Waals surface area contributed by atoms with Gasteiger partial charge in [0, 0.05) is 5.92 Å². The van der Waals surface area contributed by atoms with E-state index in [2.05, 4.69) is 6.58 Å². The van der Waals surface area contributed by atoms with Crippen molar-refractivity contribution in [3.63, 3.8) is 0 Å². The highest BCUT2D eigenvalue weighted by Crippen LogP contribution is 2.41. The van der Waals surface area contributed by atoms with Gasteiger partial charge in [-0.25, -0.2) is 0 Å². The number of hydrogen-bond donors (Lipinski definition) is 0. The van der Waals surface area contributed by atoms with Gasteiger partial charge in [-0.2, -0.15) is 0 Å². The number of hydrogen-bond acceptors (Lipinski definition) is 2. The molecule has 11 heavy (non-hydrogen) atoms. The molecule has 1 aliphatic carbocycles. The van der Waals surface area contributed by atoms with Crippen molar-refractivity contribution in [2.45, 2.75) is 25.4 Å². The number of allylic oxidation sites excluding steroid dienone is 1. The van der Waals surface area contributed by atoms with Crippen LogP contribution in [-0.4, -0.2) is 12.1 Å². The molecule has 0 N–H and O–H groups in total. The van der Waals surface area contributed by atoms with E-state index in [1.807, 2.05) is 6.08 Å². The lowest BCUT2D eigenvalue weighted by molar-refractivity contribution is -0.141. The summed E-state index contributed by atoms with van der Waals surface area (Å²) in [4.78, 5) is 10.9. The van der Waals surface area contributed by atoms with Crippen LogP contribution in [0.1, 0.15) is 19.3 Å². The smallest absolute Gasteiger partial charge is 0.306 e. The fourth-order valence-corrected chi connectivity index (χ4v) is 2.19. The van der Waals surface area contributed by atoms with Gasteiger partial charge in [0.05, 0.1) is 6.42 Å². The molecule has 1 aliphatic heterocycles. The van der Waals surface area contributed by atoms with Crippen LogP contribution in [0.5, 0.6) is 0 Å². The SMILES string of the molecule is C=C[C@H]1CC[C@@H]2OC(=O)C[C@@H]21. The number of ether oxygens (including phenoxy) is 1. The molecule has 0 radical (unpaired) electrons. The summed E-state index contributed by atoms with van der Waals surface area (Å²) in [5.74, 6) is 0.943. The lowest BCUT2D eigenvalue weighted by atomic mass is 9.94. The van der Waals surface area contributed by atoms with Gasteiger partial charge >= 0.3 is 5.97 Å². The third kappa shape index (κ3) is 0.971. The summed E-state index contributed by atoms with van der Waals surface area (Å²) in [6.45, 7) is 3.76. The van der Waals surface area contributed by atoms with Crippen LogP contribution in [0, 0.1) is 11.8 Å². The van der Waals surface area contributed by atoms with E-state index in [4.69, 9.17) is 4.74 Å². The maximum atomic E-state index is 10.9. The first-order valence-electron chi connectivity index (χ1n) is 4.13. The average Bonchev–Trinajstić information content (AvgIpc) is 2.45. The van der Waals surface area contributed by atoms with Crippen LogP contribution in [0.2, 0.25) is 0 Å². The number of carbonyl (C=O) groups is 1. The maximum Gasteiger partial charge on any atom is 0.306 e. The molecule has 3 atom stereocenters. The van der Waals surface area contributed by atoms with Crippen molar-refractivity contribution in [3.05, 3.63) is 12.7 Å². The Bertz CT molecular complexity index is 198. The Morgan fingerprint density at radius 1 is 1.55 bits per heavy atom. The summed E-state index contributed by atoms with van der Waals surface area (Å²) in [5, 5.41) is 0. The zero-order valence-corrected chi connectivity index (χ0v) is 6.45. The van der Waals surface area contributed by atoms with Gasteiger partial charge in [-0.3, -0.25) is 4.79 Å². The molecule has 0 unspecified atom stereocenters. The van der Waals surface area contributed by atoms with E-state index in [-0.39, 0.29) is 12.1 Å². The van der Waals surface area contributed by atoms with Crippen molar-refractivity contribution in [1.29, 1.82) is 0 Å². The molecule has 0 aromatic rings. The summed E-state index contributed by atoms with van der Waals surface area (Å²) < 4.78 is 5.13. The molecular weight excluding hydrogens is 140 g/mol. The highest BCUT2D eigenvalue weighted by Gasteiger charge is 2.43. The van der Waals surface area contributed by atoms with E-state index in [1.165, 1.54) is 0 Å². The van der Waals surface area contributed by atoms with E-state index in [1.54, 1.807) is 0 Å². The molecule has 2 rings (SSSR count). The Morgan fingerprint density at radius 2 is 2.36 bits per heavy atom. The van der Waals surface area contributed by atoms with Crippen molar-refractivity contribution in [3.8, 4) is 0 Å². The van der Waals surface area contributed by atoms with Gasteiger partial charge in [-0.1, -0.05) is 6.08 Å². The summed E-state index contributed by atoms with van der Waals surface area (Å²) in [6, 6.07) is 0. The minimum absolute atomic E-state index is 0.0217. The summed E-state index contributed by atoms with van der Waals surface area (Å²) in [6.07, 6.45) is 4.97. The Balaban J connectivity index is 2.12. The van der Waals surface area contributed by atoms with Crippen LogP contribution in [-0.2, 0) is 9.53 Å². The first kappa shape index (κ1) is 6.89. The van der Waals surface area contributed by atoms with Gasteiger partial charge in [-0.05, 0) is 18.8 Å². The summed E-state index contributed by atoms with van der Waals surface area (Å²) in [5.41, 5.74) is 0. The molecule has 1 saturated heterocycles. The van der Waals surface area contributed by atoms with Crippen molar-refractivity contribution in [1.82, 2.24) is 0 Å². The molecule has 2 aliphatic rings. The molecule has 0 bridgehead atoms. The second kappa shape index (κ2) is 2.36. The minimum atomic E-state index is -0.0217. The highest BCUT2D eigenvalue weighted by atomic mass is 16.5. The predicted octanol–water partition coefficient (Wildman–Crippen LogP) is 1.51. The quantitative estimate of drug-likeness (QED) is 0.420. The maximum absolute atomic E-state index is 10.9. The van der Waals surface area contributed by atoms with Crippen LogP contribution in [0.15, 0.2) is 12.7 Å². The molecule has 1 heterocycles. The van der Waals surface area contributed by atoms with Crippen molar-refractivity contribution in [2.75, 3.05) is 0 Å². The number of rotatable bonds is 1. The number of esters is 1. The highest BCUT2D eigenvalue weighted by molar-refractivity contribution is 5.72. The van der Waals surface area contributed by atoms with Gasteiger partial charge in [0.25, 0.3) is 0 Å². The van der Waals surface area contributed by atoms with Gasteiger partial charge < -0.3 is 4.74 Å². The fraction of sp³-hybridized carbons (Fsp3) is 0.667. The normalized spacial score (nSPS) is 41.8. The second-order valence-electron chi connectivity index (χ2n) is 3.37. The Morgan fingerprint density at radius 3 is 3.09 bits per heavy atom. The van der Waals surface area contributed by atoms with Gasteiger partial charge in [0.1, 0.15) is 6.10 Å². The van der Waals surface area contributed by atoms with Crippen LogP contribution in [0.4, 0.5) is 0 Å². The van der Waals surface area contributed by atoms with Crippen molar-refractivity contribution < 1.29 is 9.53 Å². The second-order valence-corrected chi connectivity index (χ2v) is 3.37. The third-order valence-corrected chi connectivity index (χ3v) is 2.80. The van der Waals surface area contributed by atoms with Crippen molar-refractivity contribution in [2.24, 2.45) is 11.8 Å². The predicted molar refractivity (Wildman–Crippen MR) is 40.9 cm³/mol. The molecule has 1 saturated carbocycles. The number of carbonyl (C=O) groups excluding carboxylic acids is 1. The van der Waals surface area contributed by atoms with Crippen LogP contribution in [0.3, 0.4) is 0 Å². The van der Waals surface area contributed by atoms with Crippen molar-refractivity contribution >= 4 is 5.97 Å². The Labute approximate surface area is 66.2 Å². The molecule has 2 nitrogen and oxygen atoms in total. The molecule has 0 spiro atoms. The average molecular weight is 152 g/mol. The Hall–Kier alpha value is -0.790. The monoisotopic (exact) mass is 152 g/mol. The first-order valence-corrected chi connectivity index (χ1v) is 4.13. The zero-order valence-electron chi connectivity index (χ0n) is 6.45. The molecule has 60 valence electrons. The Kier molecular flexibility index (Phi) is 1.48. The molecule has 0 aromatic carbocycles. The topological polar surface area (TPSA) is 26.3 Å².